The number of piperazine rings is 1. The van der Waals surface area contributed by atoms with Gasteiger partial charge >= 0.3 is 0 Å². The zero-order valence-electron chi connectivity index (χ0n) is 15.9. The number of aromatic nitrogens is 1. The van der Waals surface area contributed by atoms with Crippen LogP contribution in [0.4, 0.5) is 5.82 Å². The quantitative estimate of drug-likeness (QED) is 0.284. The minimum Gasteiger partial charge on any atom is -0.357 e. The van der Waals surface area contributed by atoms with E-state index in [2.05, 4.69) is 37.3 Å². The number of pyridine rings is 1. The van der Waals surface area contributed by atoms with Crippen LogP contribution in [0.1, 0.15) is 20.8 Å². The summed E-state index contributed by atoms with van der Waals surface area (Å²) >= 11 is 0. The molecule has 0 unspecified atom stereocenters. The second-order valence-electron chi connectivity index (χ2n) is 6.34. The van der Waals surface area contributed by atoms with Crippen LogP contribution in [0.15, 0.2) is 29.4 Å². The van der Waals surface area contributed by atoms with E-state index in [9.17, 15) is 4.79 Å². The Bertz CT molecular complexity index is 558. The number of hydrogen-bond donors (Lipinski definition) is 2. The zero-order valence-corrected chi connectivity index (χ0v) is 18.3. The van der Waals surface area contributed by atoms with Crippen molar-refractivity contribution in [1.82, 2.24) is 20.5 Å². The number of aliphatic imine (C=N–C) groups is 1. The second-order valence-corrected chi connectivity index (χ2v) is 6.34. The molecular weight excluding hydrogens is 443 g/mol. The Kier molecular flexibility index (Phi) is 10.3. The first-order valence-corrected chi connectivity index (χ1v) is 9.08. The molecule has 0 bridgehead atoms. The summed E-state index contributed by atoms with van der Waals surface area (Å²) in [6.45, 7) is 11.5. The Labute approximate surface area is 173 Å². The highest BCUT2D eigenvalue weighted by atomic mass is 127. The van der Waals surface area contributed by atoms with E-state index in [-0.39, 0.29) is 35.8 Å². The summed E-state index contributed by atoms with van der Waals surface area (Å²) in [6, 6.07) is 6.01. The largest absolute Gasteiger partial charge is 0.357 e. The predicted octanol–water partition coefficient (Wildman–Crippen LogP) is 1.56. The molecule has 1 fully saturated rings. The van der Waals surface area contributed by atoms with Crippen molar-refractivity contribution >= 4 is 41.7 Å². The molecule has 0 radical (unpaired) electrons. The fourth-order valence-corrected chi connectivity index (χ4v) is 2.66. The highest BCUT2D eigenvalue weighted by Gasteiger charge is 2.20. The maximum absolute atomic E-state index is 11.6. The number of amides is 1. The molecule has 26 heavy (non-hydrogen) atoms. The molecule has 1 saturated heterocycles. The van der Waals surface area contributed by atoms with Crippen LogP contribution in [0.2, 0.25) is 0 Å². The summed E-state index contributed by atoms with van der Waals surface area (Å²) in [5.41, 5.74) is 0. The van der Waals surface area contributed by atoms with Crippen molar-refractivity contribution in [2.45, 2.75) is 20.8 Å². The molecule has 0 atom stereocenters. The fraction of sp³-hybridized carbons (Fsp3) is 0.611. The molecular formula is C18H31IN6O. The molecule has 2 N–H and O–H groups in total. The lowest BCUT2D eigenvalue weighted by Crippen LogP contribution is -2.52. The minimum atomic E-state index is 0. The SMILES string of the molecule is CCNC(=NCCNC(=O)C(C)C)N1CCN(c2ccccn2)CC1.I. The standard InChI is InChI=1S/C18H30N6O.HI/c1-4-19-18(22-10-9-21-17(25)15(2)3)24-13-11-23(12-14-24)16-7-5-6-8-20-16;/h5-8,15H,4,9-14H2,1-3H3,(H,19,22)(H,21,25);1H. The molecule has 0 aliphatic carbocycles. The smallest absolute Gasteiger partial charge is 0.222 e. The molecule has 1 amide bonds. The van der Waals surface area contributed by atoms with Crippen molar-refractivity contribution in [3.05, 3.63) is 24.4 Å². The number of carbonyl (C=O) groups excluding carboxylic acids is 1. The van der Waals surface area contributed by atoms with E-state index in [1.165, 1.54) is 0 Å². The van der Waals surface area contributed by atoms with E-state index in [1.807, 2.05) is 38.2 Å². The predicted molar refractivity (Wildman–Crippen MR) is 117 cm³/mol. The van der Waals surface area contributed by atoms with Crippen LogP contribution in [0.3, 0.4) is 0 Å². The van der Waals surface area contributed by atoms with E-state index in [0.29, 0.717) is 13.1 Å². The normalized spacial score (nSPS) is 14.8. The van der Waals surface area contributed by atoms with Crippen molar-refractivity contribution in [3.8, 4) is 0 Å². The number of rotatable bonds is 6. The lowest BCUT2D eigenvalue weighted by atomic mass is 10.2. The molecule has 2 heterocycles. The van der Waals surface area contributed by atoms with Crippen LogP contribution < -0.4 is 15.5 Å². The lowest BCUT2D eigenvalue weighted by molar-refractivity contribution is -0.123. The zero-order chi connectivity index (χ0) is 18.1. The van der Waals surface area contributed by atoms with Crippen molar-refractivity contribution < 1.29 is 4.79 Å². The first kappa shape index (κ1) is 22.5. The number of nitrogens with zero attached hydrogens (tertiary/aromatic N) is 4. The minimum absolute atomic E-state index is 0. The Morgan fingerprint density at radius 2 is 1.96 bits per heavy atom. The third kappa shape index (κ3) is 6.97. The Balaban J connectivity index is 0.00000338. The number of anilines is 1. The molecule has 1 aromatic rings. The van der Waals surface area contributed by atoms with Crippen LogP contribution in [-0.2, 0) is 4.79 Å². The van der Waals surface area contributed by atoms with Gasteiger partial charge in [0.05, 0.1) is 6.54 Å². The summed E-state index contributed by atoms with van der Waals surface area (Å²) in [6.07, 6.45) is 1.83. The molecule has 0 spiro atoms. The van der Waals surface area contributed by atoms with Crippen molar-refractivity contribution in [2.75, 3.05) is 50.7 Å². The van der Waals surface area contributed by atoms with Gasteiger partial charge in [0.25, 0.3) is 0 Å². The van der Waals surface area contributed by atoms with Gasteiger partial charge in [-0.15, -0.1) is 24.0 Å². The summed E-state index contributed by atoms with van der Waals surface area (Å²) in [4.78, 5) is 25.2. The van der Waals surface area contributed by atoms with Gasteiger partial charge in [-0.25, -0.2) is 4.98 Å². The molecule has 0 aromatic carbocycles. The summed E-state index contributed by atoms with van der Waals surface area (Å²) in [5, 5.41) is 6.25. The van der Waals surface area contributed by atoms with Crippen LogP contribution >= 0.6 is 24.0 Å². The van der Waals surface area contributed by atoms with E-state index in [1.54, 1.807) is 0 Å². The highest BCUT2D eigenvalue weighted by molar-refractivity contribution is 14.0. The van der Waals surface area contributed by atoms with Gasteiger partial charge in [0.15, 0.2) is 5.96 Å². The first-order chi connectivity index (χ1) is 12.1. The Morgan fingerprint density at radius 1 is 1.23 bits per heavy atom. The van der Waals surface area contributed by atoms with Gasteiger partial charge < -0.3 is 20.4 Å². The molecule has 0 saturated carbocycles. The van der Waals surface area contributed by atoms with Crippen molar-refractivity contribution in [2.24, 2.45) is 10.9 Å². The summed E-state index contributed by atoms with van der Waals surface area (Å²) in [7, 11) is 0. The molecule has 2 rings (SSSR count). The summed E-state index contributed by atoms with van der Waals surface area (Å²) < 4.78 is 0. The van der Waals surface area contributed by atoms with E-state index < -0.39 is 0 Å². The van der Waals surface area contributed by atoms with Crippen molar-refractivity contribution in [1.29, 1.82) is 0 Å². The molecule has 8 heteroatoms. The monoisotopic (exact) mass is 474 g/mol. The number of hydrogen-bond acceptors (Lipinski definition) is 4. The molecule has 1 aliphatic heterocycles. The average Bonchev–Trinajstić information content (AvgIpc) is 2.65. The van der Waals surface area contributed by atoms with Gasteiger partial charge in [0.1, 0.15) is 5.82 Å². The Hall–Kier alpha value is -1.58. The van der Waals surface area contributed by atoms with Gasteiger partial charge in [-0.2, -0.15) is 0 Å². The van der Waals surface area contributed by atoms with Crippen LogP contribution in [0.5, 0.6) is 0 Å². The van der Waals surface area contributed by atoms with Gasteiger partial charge in [-0.3, -0.25) is 9.79 Å². The van der Waals surface area contributed by atoms with E-state index in [0.717, 1.165) is 44.5 Å². The second kappa shape index (κ2) is 11.9. The summed E-state index contributed by atoms with van der Waals surface area (Å²) in [5.74, 6) is 2.03. The maximum Gasteiger partial charge on any atom is 0.222 e. The molecule has 1 aromatic heterocycles. The van der Waals surface area contributed by atoms with E-state index >= 15 is 0 Å². The highest BCUT2D eigenvalue weighted by Crippen LogP contribution is 2.12. The maximum atomic E-state index is 11.6. The van der Waals surface area contributed by atoms with Gasteiger partial charge in [0, 0.05) is 51.4 Å². The molecule has 7 nitrogen and oxygen atoms in total. The number of carbonyl (C=O) groups is 1. The third-order valence-electron chi connectivity index (χ3n) is 4.08. The van der Waals surface area contributed by atoms with Gasteiger partial charge in [-0.05, 0) is 19.1 Å². The van der Waals surface area contributed by atoms with Crippen molar-refractivity contribution in [3.63, 3.8) is 0 Å². The number of halogens is 1. The molecule has 146 valence electrons. The first-order valence-electron chi connectivity index (χ1n) is 9.08. The van der Waals surface area contributed by atoms with Crippen LogP contribution in [-0.4, -0.2) is 67.6 Å². The molecule has 1 aliphatic rings. The number of nitrogens with one attached hydrogen (secondary N) is 2. The third-order valence-corrected chi connectivity index (χ3v) is 4.08. The lowest BCUT2D eigenvalue weighted by Gasteiger charge is -2.37. The fourth-order valence-electron chi connectivity index (χ4n) is 2.66. The van der Waals surface area contributed by atoms with Gasteiger partial charge in [-0.1, -0.05) is 19.9 Å². The van der Waals surface area contributed by atoms with Crippen LogP contribution in [0.25, 0.3) is 0 Å². The topological polar surface area (TPSA) is 72.9 Å². The Morgan fingerprint density at radius 3 is 2.54 bits per heavy atom. The van der Waals surface area contributed by atoms with Gasteiger partial charge in [0.2, 0.25) is 5.91 Å². The average molecular weight is 474 g/mol. The number of guanidine groups is 1. The van der Waals surface area contributed by atoms with E-state index in [4.69, 9.17) is 0 Å². The van der Waals surface area contributed by atoms with Crippen LogP contribution in [0, 0.1) is 5.92 Å².